The first-order chi connectivity index (χ1) is 10.1. The number of benzene rings is 1. The molecule has 0 saturated heterocycles. The van der Waals surface area contributed by atoms with Crippen molar-refractivity contribution in [1.29, 1.82) is 0 Å². The Kier molecular flexibility index (Phi) is 4.62. The summed E-state index contributed by atoms with van der Waals surface area (Å²) >= 11 is 0. The number of hydrogen-bond donors (Lipinski definition) is 0. The van der Waals surface area contributed by atoms with Crippen LogP contribution in [0, 0.1) is 0 Å². The first-order valence-corrected chi connectivity index (χ1v) is 6.79. The highest BCUT2D eigenvalue weighted by Crippen LogP contribution is 2.36. The van der Waals surface area contributed by atoms with Crippen LogP contribution in [0.2, 0.25) is 0 Å². The van der Waals surface area contributed by atoms with Crippen LogP contribution in [0.3, 0.4) is 0 Å². The van der Waals surface area contributed by atoms with Gasteiger partial charge < -0.3 is 14.2 Å². The van der Waals surface area contributed by atoms with Gasteiger partial charge in [-0.3, -0.25) is 4.79 Å². The summed E-state index contributed by atoms with van der Waals surface area (Å²) in [6, 6.07) is 7.28. The molecule has 1 aromatic carbocycles. The van der Waals surface area contributed by atoms with E-state index in [-0.39, 0.29) is 24.9 Å². The summed E-state index contributed by atoms with van der Waals surface area (Å²) < 4.78 is 15.3. The van der Waals surface area contributed by atoms with Crippen molar-refractivity contribution in [2.24, 2.45) is 0 Å². The van der Waals surface area contributed by atoms with Crippen LogP contribution in [-0.4, -0.2) is 25.7 Å². The fourth-order valence-electron chi connectivity index (χ4n) is 2.40. The Balaban J connectivity index is 2.39. The molecule has 1 aliphatic heterocycles. The minimum absolute atomic E-state index is 0.123. The van der Waals surface area contributed by atoms with Gasteiger partial charge in [-0.15, -0.1) is 0 Å². The van der Waals surface area contributed by atoms with E-state index in [1.165, 1.54) is 0 Å². The lowest BCUT2D eigenvalue weighted by Gasteiger charge is -2.25. The monoisotopic (exact) mass is 290 g/mol. The lowest BCUT2D eigenvalue weighted by atomic mass is 9.86. The zero-order chi connectivity index (χ0) is 15.4. The molecule has 0 saturated carbocycles. The largest absolute Gasteiger partial charge is 0.497 e. The molecule has 1 aromatic rings. The standard InChI is InChI=1S/C16H18O5/c1-4-20-16(18)15-10(2)21-14(17)9-13(15)11-5-7-12(19-3)8-6-11/h5-8,13H,4,9H2,1-3H3. The molecule has 0 spiro atoms. The van der Waals surface area contributed by atoms with Crippen LogP contribution in [0.25, 0.3) is 0 Å². The third kappa shape index (κ3) is 3.24. The Bertz CT molecular complexity index is 571. The van der Waals surface area contributed by atoms with E-state index in [2.05, 4.69) is 0 Å². The summed E-state index contributed by atoms with van der Waals surface area (Å²) in [4.78, 5) is 23.8. The van der Waals surface area contributed by atoms with Gasteiger partial charge in [-0.1, -0.05) is 12.1 Å². The summed E-state index contributed by atoms with van der Waals surface area (Å²) in [7, 11) is 1.58. The SMILES string of the molecule is CCOC(=O)C1=C(C)OC(=O)CC1c1ccc(OC)cc1. The molecular weight excluding hydrogens is 272 g/mol. The van der Waals surface area contributed by atoms with Gasteiger partial charge in [0.1, 0.15) is 11.5 Å². The van der Waals surface area contributed by atoms with Crippen molar-refractivity contribution in [1.82, 2.24) is 0 Å². The number of ether oxygens (including phenoxy) is 3. The molecule has 0 N–H and O–H groups in total. The Hall–Kier alpha value is -2.30. The Labute approximate surface area is 123 Å². The van der Waals surface area contributed by atoms with Gasteiger partial charge >= 0.3 is 11.9 Å². The number of rotatable bonds is 4. The van der Waals surface area contributed by atoms with Gasteiger partial charge in [0.25, 0.3) is 0 Å². The van der Waals surface area contributed by atoms with Crippen molar-refractivity contribution < 1.29 is 23.8 Å². The highest BCUT2D eigenvalue weighted by molar-refractivity contribution is 5.93. The van der Waals surface area contributed by atoms with Crippen LogP contribution in [-0.2, 0) is 19.1 Å². The summed E-state index contributed by atoms with van der Waals surface area (Å²) in [6.07, 6.45) is 0.123. The Morgan fingerprint density at radius 1 is 1.33 bits per heavy atom. The van der Waals surface area contributed by atoms with E-state index in [1.807, 2.05) is 12.1 Å². The summed E-state index contributed by atoms with van der Waals surface area (Å²) in [5.41, 5.74) is 1.26. The molecule has 0 fully saturated rings. The third-order valence-corrected chi connectivity index (χ3v) is 3.38. The second kappa shape index (κ2) is 6.43. The smallest absolute Gasteiger partial charge is 0.338 e. The number of allylic oxidation sites excluding steroid dienone is 1. The van der Waals surface area contributed by atoms with Gasteiger partial charge in [0.15, 0.2) is 0 Å². The minimum atomic E-state index is -0.441. The first-order valence-electron chi connectivity index (χ1n) is 6.79. The normalized spacial score (nSPS) is 18.2. The maximum Gasteiger partial charge on any atom is 0.338 e. The van der Waals surface area contributed by atoms with Crippen molar-refractivity contribution in [2.75, 3.05) is 13.7 Å². The van der Waals surface area contributed by atoms with Crippen molar-refractivity contribution in [2.45, 2.75) is 26.2 Å². The van der Waals surface area contributed by atoms with Gasteiger partial charge in [-0.2, -0.15) is 0 Å². The lowest BCUT2D eigenvalue weighted by molar-refractivity contribution is -0.144. The van der Waals surface area contributed by atoms with E-state index in [9.17, 15) is 9.59 Å². The molecule has 0 aromatic heterocycles. The molecule has 1 atom stereocenters. The third-order valence-electron chi connectivity index (χ3n) is 3.38. The fourth-order valence-corrected chi connectivity index (χ4v) is 2.40. The maximum atomic E-state index is 12.1. The van der Waals surface area contributed by atoms with Gasteiger partial charge in [0.05, 0.1) is 25.7 Å². The van der Waals surface area contributed by atoms with Gasteiger partial charge in [0, 0.05) is 5.92 Å². The summed E-state index contributed by atoms with van der Waals surface area (Å²) in [6.45, 7) is 3.63. The number of carbonyl (C=O) groups excluding carboxylic acids is 2. The quantitative estimate of drug-likeness (QED) is 0.797. The number of hydrogen-bond acceptors (Lipinski definition) is 5. The molecule has 112 valence electrons. The minimum Gasteiger partial charge on any atom is -0.497 e. The zero-order valence-corrected chi connectivity index (χ0v) is 12.3. The van der Waals surface area contributed by atoms with Crippen molar-refractivity contribution in [3.8, 4) is 5.75 Å². The predicted molar refractivity (Wildman–Crippen MR) is 75.8 cm³/mol. The van der Waals surface area contributed by atoms with Crippen LogP contribution < -0.4 is 4.74 Å². The highest BCUT2D eigenvalue weighted by Gasteiger charge is 2.34. The fraction of sp³-hybridized carbons (Fsp3) is 0.375. The van der Waals surface area contributed by atoms with Crippen molar-refractivity contribution in [3.05, 3.63) is 41.2 Å². The predicted octanol–water partition coefficient (Wildman–Crippen LogP) is 2.56. The van der Waals surface area contributed by atoms with Crippen molar-refractivity contribution >= 4 is 11.9 Å². The Morgan fingerprint density at radius 3 is 2.57 bits per heavy atom. The van der Waals surface area contributed by atoms with Crippen molar-refractivity contribution in [3.63, 3.8) is 0 Å². The molecular formula is C16H18O5. The van der Waals surface area contributed by atoms with E-state index in [0.29, 0.717) is 11.3 Å². The molecule has 2 rings (SSSR count). The number of carbonyl (C=O) groups is 2. The lowest BCUT2D eigenvalue weighted by Crippen LogP contribution is -2.25. The second-order valence-corrected chi connectivity index (χ2v) is 4.69. The molecule has 1 heterocycles. The molecule has 1 aliphatic rings. The molecule has 21 heavy (non-hydrogen) atoms. The van der Waals surface area contributed by atoms with Crippen LogP contribution >= 0.6 is 0 Å². The molecule has 0 bridgehead atoms. The molecule has 0 amide bonds. The van der Waals surface area contributed by atoms with Gasteiger partial charge in [0.2, 0.25) is 0 Å². The highest BCUT2D eigenvalue weighted by atomic mass is 16.5. The Morgan fingerprint density at radius 2 is 2.00 bits per heavy atom. The first kappa shape index (κ1) is 15.1. The number of cyclic esters (lactones) is 1. The molecule has 5 nitrogen and oxygen atoms in total. The summed E-state index contributed by atoms with van der Waals surface area (Å²) in [5, 5.41) is 0. The molecule has 1 unspecified atom stereocenters. The van der Waals surface area contributed by atoms with E-state index >= 15 is 0 Å². The number of esters is 2. The van der Waals surface area contributed by atoms with Crippen LogP contribution in [0.4, 0.5) is 0 Å². The van der Waals surface area contributed by atoms with E-state index in [1.54, 1.807) is 33.1 Å². The van der Waals surface area contributed by atoms with Crippen LogP contribution in [0.5, 0.6) is 5.75 Å². The molecule has 0 aliphatic carbocycles. The van der Waals surface area contributed by atoms with Crippen LogP contribution in [0.15, 0.2) is 35.6 Å². The van der Waals surface area contributed by atoms with Gasteiger partial charge in [-0.25, -0.2) is 4.79 Å². The topological polar surface area (TPSA) is 61.8 Å². The maximum absolute atomic E-state index is 12.1. The average Bonchev–Trinajstić information content (AvgIpc) is 2.46. The second-order valence-electron chi connectivity index (χ2n) is 4.69. The average molecular weight is 290 g/mol. The summed E-state index contributed by atoms with van der Waals surface area (Å²) in [5.74, 6) is -0.109. The number of methoxy groups -OCH3 is 1. The van der Waals surface area contributed by atoms with Gasteiger partial charge in [-0.05, 0) is 31.5 Å². The molecule has 0 radical (unpaired) electrons. The van der Waals surface area contributed by atoms with Crippen LogP contribution in [0.1, 0.15) is 31.7 Å². The van der Waals surface area contributed by atoms with E-state index in [0.717, 1.165) is 11.3 Å². The van der Waals surface area contributed by atoms with E-state index < -0.39 is 5.97 Å². The molecule has 5 heteroatoms. The van der Waals surface area contributed by atoms with E-state index in [4.69, 9.17) is 14.2 Å². The zero-order valence-electron chi connectivity index (χ0n) is 12.3.